The molecule has 0 radical (unpaired) electrons. The van der Waals surface area contributed by atoms with Gasteiger partial charge in [0.25, 0.3) is 0 Å². The van der Waals surface area contributed by atoms with Crippen LogP contribution in [0.5, 0.6) is 0 Å². The van der Waals surface area contributed by atoms with Crippen molar-refractivity contribution in [3.05, 3.63) is 108 Å². The summed E-state index contributed by atoms with van der Waals surface area (Å²) in [5, 5.41) is 10.4. The molecule has 3 aromatic carbocycles. The summed E-state index contributed by atoms with van der Waals surface area (Å²) in [5.41, 5.74) is 1.30. The van der Waals surface area contributed by atoms with Gasteiger partial charge in [0, 0.05) is 18.4 Å². The Morgan fingerprint density at radius 1 is 0.944 bits per heavy atom. The minimum Gasteiger partial charge on any atom is -0.479 e. The first-order chi connectivity index (χ1) is 17.6. The highest BCUT2D eigenvalue weighted by atomic mass is 16.8. The smallest absolute Gasteiger partial charge is 0.342 e. The molecule has 3 aromatic rings. The van der Waals surface area contributed by atoms with E-state index in [9.17, 15) is 9.90 Å². The molecule has 2 aliphatic rings. The predicted molar refractivity (Wildman–Crippen MR) is 136 cm³/mol. The molecule has 0 bridgehead atoms. The fraction of sp³-hybridized carbons (Fsp3) is 0.323. The molecule has 0 amide bonds. The summed E-state index contributed by atoms with van der Waals surface area (Å²) in [6.45, 7) is 0.109. The van der Waals surface area contributed by atoms with Crippen molar-refractivity contribution in [1.29, 1.82) is 0 Å². The Labute approximate surface area is 212 Å². The first-order valence-corrected chi connectivity index (χ1v) is 12.4. The van der Waals surface area contributed by atoms with Crippen LogP contribution in [0.15, 0.2) is 91.0 Å². The molecule has 1 N–H and O–H groups in total. The zero-order valence-corrected chi connectivity index (χ0v) is 20.1. The fourth-order valence-electron chi connectivity index (χ4n) is 5.06. The molecule has 5 nitrogen and oxygen atoms in total. The first kappa shape index (κ1) is 24.3. The summed E-state index contributed by atoms with van der Waals surface area (Å²) in [5.74, 6) is 4.50. The van der Waals surface area contributed by atoms with Crippen LogP contribution >= 0.6 is 0 Å². The highest BCUT2D eigenvalue weighted by Gasteiger charge is 2.60. The number of ether oxygens (including phenoxy) is 3. The molecule has 2 atom stereocenters. The van der Waals surface area contributed by atoms with Crippen LogP contribution in [0.25, 0.3) is 0 Å². The van der Waals surface area contributed by atoms with Crippen molar-refractivity contribution in [2.45, 2.75) is 55.7 Å². The maximum Gasteiger partial charge on any atom is 0.342 e. The molecule has 36 heavy (non-hydrogen) atoms. The summed E-state index contributed by atoms with van der Waals surface area (Å²) in [6, 6.07) is 29.5. The van der Waals surface area contributed by atoms with E-state index in [0.29, 0.717) is 18.8 Å². The summed E-state index contributed by atoms with van der Waals surface area (Å²) in [6.07, 6.45) is 1.97. The van der Waals surface area contributed by atoms with Crippen LogP contribution in [0, 0.1) is 11.8 Å². The fourth-order valence-corrected chi connectivity index (χ4v) is 5.06. The molecule has 1 saturated carbocycles. The Bertz CT molecular complexity index is 1210. The van der Waals surface area contributed by atoms with Gasteiger partial charge in [-0.2, -0.15) is 0 Å². The molecule has 184 valence electrons. The number of carboxylic acids is 1. The Kier molecular flexibility index (Phi) is 7.20. The highest BCUT2D eigenvalue weighted by molar-refractivity contribution is 5.80. The second kappa shape index (κ2) is 10.7. The van der Waals surface area contributed by atoms with Gasteiger partial charge in [-0.05, 0) is 42.0 Å². The predicted octanol–water partition coefficient (Wildman–Crippen LogP) is 5.55. The second-order valence-corrected chi connectivity index (χ2v) is 9.49. The largest absolute Gasteiger partial charge is 0.479 e. The molecule has 5 rings (SSSR count). The van der Waals surface area contributed by atoms with Crippen LogP contribution in [0.3, 0.4) is 0 Å². The van der Waals surface area contributed by atoms with Gasteiger partial charge in [-0.3, -0.25) is 0 Å². The number of hydrogen-bond donors (Lipinski definition) is 1. The lowest BCUT2D eigenvalue weighted by atomic mass is 9.81. The highest BCUT2D eigenvalue weighted by Crippen LogP contribution is 2.47. The normalized spacial score (nSPS) is 26.2. The van der Waals surface area contributed by atoms with E-state index in [1.165, 1.54) is 5.56 Å². The van der Waals surface area contributed by atoms with Gasteiger partial charge in [0.15, 0.2) is 11.9 Å². The van der Waals surface area contributed by atoms with E-state index in [-0.39, 0.29) is 13.2 Å². The van der Waals surface area contributed by atoms with Gasteiger partial charge in [-0.1, -0.05) is 90.7 Å². The molecule has 0 aromatic heterocycles. The molecular weight excluding hydrogens is 452 g/mol. The van der Waals surface area contributed by atoms with Gasteiger partial charge >= 0.3 is 5.97 Å². The number of rotatable bonds is 6. The van der Waals surface area contributed by atoms with E-state index in [2.05, 4.69) is 36.1 Å². The Hall–Kier alpha value is -3.43. The molecule has 1 spiro atoms. The van der Waals surface area contributed by atoms with Gasteiger partial charge < -0.3 is 19.3 Å². The van der Waals surface area contributed by atoms with Gasteiger partial charge in [-0.15, -0.1) is 0 Å². The second-order valence-electron chi connectivity index (χ2n) is 9.49. The van der Waals surface area contributed by atoms with Crippen molar-refractivity contribution in [1.82, 2.24) is 0 Å². The van der Waals surface area contributed by atoms with Crippen molar-refractivity contribution < 1.29 is 24.1 Å². The van der Waals surface area contributed by atoms with Crippen molar-refractivity contribution in [2.24, 2.45) is 0 Å². The van der Waals surface area contributed by atoms with Crippen molar-refractivity contribution in [3.8, 4) is 11.8 Å². The topological polar surface area (TPSA) is 65.0 Å². The van der Waals surface area contributed by atoms with E-state index in [0.717, 1.165) is 24.0 Å². The molecule has 1 saturated heterocycles. The minimum atomic E-state index is -1.71. The zero-order valence-electron chi connectivity index (χ0n) is 20.1. The SMILES string of the molecule is O=C(O)C1(C(C#Cc2ccccc2)OCc2ccccc2)COC2(CCC(c3ccccc3)CC2)O1. The lowest BCUT2D eigenvalue weighted by Gasteiger charge is -2.38. The minimum absolute atomic E-state index is 0.110. The van der Waals surface area contributed by atoms with Gasteiger partial charge in [0.05, 0.1) is 13.2 Å². The molecule has 2 unspecified atom stereocenters. The molecule has 5 heteroatoms. The van der Waals surface area contributed by atoms with E-state index < -0.39 is 23.5 Å². The van der Waals surface area contributed by atoms with E-state index >= 15 is 0 Å². The number of hydrogen-bond acceptors (Lipinski definition) is 4. The third kappa shape index (κ3) is 5.22. The third-order valence-corrected chi connectivity index (χ3v) is 7.10. The first-order valence-electron chi connectivity index (χ1n) is 12.4. The van der Waals surface area contributed by atoms with Crippen LogP contribution in [0.1, 0.15) is 48.3 Å². The van der Waals surface area contributed by atoms with Crippen molar-refractivity contribution in [3.63, 3.8) is 0 Å². The summed E-state index contributed by atoms with van der Waals surface area (Å²) >= 11 is 0. The number of benzene rings is 3. The van der Waals surface area contributed by atoms with Crippen molar-refractivity contribution in [2.75, 3.05) is 6.61 Å². The zero-order chi connectivity index (χ0) is 24.8. The average Bonchev–Trinajstić information content (AvgIpc) is 3.31. The summed E-state index contributed by atoms with van der Waals surface area (Å²) in [7, 11) is 0. The van der Waals surface area contributed by atoms with Crippen LogP contribution in [-0.4, -0.2) is 35.2 Å². The van der Waals surface area contributed by atoms with E-state index in [4.69, 9.17) is 14.2 Å². The summed E-state index contributed by atoms with van der Waals surface area (Å²) < 4.78 is 18.8. The van der Waals surface area contributed by atoms with Gasteiger partial charge in [0.1, 0.15) is 0 Å². The quantitative estimate of drug-likeness (QED) is 0.467. The van der Waals surface area contributed by atoms with Crippen LogP contribution in [0.2, 0.25) is 0 Å². The number of aliphatic carboxylic acids is 1. The third-order valence-electron chi connectivity index (χ3n) is 7.10. The van der Waals surface area contributed by atoms with E-state index in [1.54, 1.807) is 0 Å². The Morgan fingerprint density at radius 2 is 1.56 bits per heavy atom. The Balaban J connectivity index is 1.38. The maximum atomic E-state index is 12.7. The molecule has 2 fully saturated rings. The van der Waals surface area contributed by atoms with Gasteiger partial charge in [0.2, 0.25) is 5.60 Å². The number of carboxylic acid groups (broad SMARTS) is 1. The molecular formula is C31H30O5. The lowest BCUT2D eigenvalue weighted by Crippen LogP contribution is -2.54. The maximum absolute atomic E-state index is 12.7. The average molecular weight is 483 g/mol. The standard InChI is InChI=1S/C31H30O5/c32-29(33)31(23-35-30(36-31)20-18-27(19-21-30)26-14-8-3-9-15-26)28(17-16-24-10-4-1-5-11-24)34-22-25-12-6-2-7-13-25/h1-15,27-28H,18-23H2,(H,32,33). The molecule has 1 aliphatic carbocycles. The number of carbonyl (C=O) groups is 1. The molecule has 1 heterocycles. The Morgan fingerprint density at radius 3 is 2.19 bits per heavy atom. The summed E-state index contributed by atoms with van der Waals surface area (Å²) in [4.78, 5) is 12.7. The monoisotopic (exact) mass is 482 g/mol. The van der Waals surface area contributed by atoms with Crippen LogP contribution in [-0.2, 0) is 25.6 Å². The lowest BCUT2D eigenvalue weighted by molar-refractivity contribution is -0.227. The van der Waals surface area contributed by atoms with Gasteiger partial charge in [-0.25, -0.2) is 4.79 Å². The van der Waals surface area contributed by atoms with Crippen LogP contribution < -0.4 is 0 Å². The van der Waals surface area contributed by atoms with Crippen molar-refractivity contribution >= 4 is 5.97 Å². The van der Waals surface area contributed by atoms with E-state index in [1.807, 2.05) is 66.7 Å². The van der Waals surface area contributed by atoms with Crippen LogP contribution in [0.4, 0.5) is 0 Å². The molecule has 1 aliphatic heterocycles.